The van der Waals surface area contributed by atoms with Gasteiger partial charge in [0.25, 0.3) is 5.91 Å². The van der Waals surface area contributed by atoms with E-state index in [9.17, 15) is 18.0 Å². The molecule has 0 bridgehead atoms. The molecule has 0 radical (unpaired) electrons. The number of hydrogen-bond donors (Lipinski definition) is 4. The Labute approximate surface area is 163 Å². The molecule has 0 aliphatic carbocycles. The van der Waals surface area contributed by atoms with Gasteiger partial charge in [-0.05, 0) is 44.0 Å². The van der Waals surface area contributed by atoms with E-state index in [-0.39, 0.29) is 30.8 Å². The fraction of sp³-hybridized carbons (Fsp3) is 0.444. The monoisotopic (exact) mass is 409 g/mol. The number of sulfone groups is 1. The molecular weight excluding hydrogens is 386 g/mol. The van der Waals surface area contributed by atoms with E-state index in [0.717, 1.165) is 4.90 Å². The molecule has 1 aliphatic heterocycles. The molecule has 28 heavy (non-hydrogen) atoms. The second kappa shape index (κ2) is 8.95. The van der Waals surface area contributed by atoms with E-state index in [0.29, 0.717) is 12.2 Å². The lowest BCUT2D eigenvalue weighted by atomic mass is 9.79. The van der Waals surface area contributed by atoms with Crippen LogP contribution < -0.4 is 10.8 Å². The summed E-state index contributed by atoms with van der Waals surface area (Å²) in [6, 6.07) is 6.09. The Morgan fingerprint density at radius 3 is 2.32 bits per heavy atom. The number of nitrogens with zero attached hydrogens (tertiary/aromatic N) is 1. The molecule has 1 aromatic carbocycles. The summed E-state index contributed by atoms with van der Waals surface area (Å²) in [5.41, 5.74) is 0.851. The van der Waals surface area contributed by atoms with E-state index < -0.39 is 33.0 Å². The van der Waals surface area contributed by atoms with Crippen LogP contribution in [0.5, 0.6) is 0 Å². The summed E-state index contributed by atoms with van der Waals surface area (Å²) in [5.74, 6) is 4.24. The van der Waals surface area contributed by atoms with Gasteiger partial charge >= 0.3 is 6.09 Å². The molecule has 0 saturated carbocycles. The number of hydrogen-bond acceptors (Lipinski definition) is 6. The van der Waals surface area contributed by atoms with Gasteiger partial charge in [0.1, 0.15) is 0 Å². The van der Waals surface area contributed by atoms with Gasteiger partial charge in [0.05, 0.1) is 22.6 Å². The predicted molar refractivity (Wildman–Crippen MR) is 102 cm³/mol. The van der Waals surface area contributed by atoms with Crippen molar-refractivity contribution >= 4 is 27.5 Å². The van der Waals surface area contributed by atoms with Crippen LogP contribution >= 0.6 is 0 Å². The molecule has 0 atom stereocenters. The number of anilines is 1. The first kappa shape index (κ1) is 21.5. The van der Waals surface area contributed by atoms with Gasteiger partial charge in [-0.1, -0.05) is 5.92 Å². The first-order valence-corrected chi connectivity index (χ1v) is 10.3. The van der Waals surface area contributed by atoms with E-state index in [4.69, 9.17) is 10.3 Å². The quantitative estimate of drug-likeness (QED) is 0.314. The summed E-state index contributed by atoms with van der Waals surface area (Å²) in [7, 11) is -3.85. The number of likely N-dealkylation sites (tertiary alicyclic amines) is 1. The molecular formula is C18H23N3O6S. The summed E-state index contributed by atoms with van der Waals surface area (Å²) in [4.78, 5) is 24.5. The van der Waals surface area contributed by atoms with Crippen molar-refractivity contribution in [3.05, 3.63) is 24.3 Å². The number of hydroxylamine groups is 1. The summed E-state index contributed by atoms with van der Waals surface area (Å²) < 4.78 is 25.8. The minimum atomic E-state index is -3.85. The zero-order valence-corrected chi connectivity index (χ0v) is 16.3. The van der Waals surface area contributed by atoms with Gasteiger partial charge in [0.15, 0.2) is 9.84 Å². The number of benzene rings is 1. The molecule has 1 aromatic rings. The van der Waals surface area contributed by atoms with Crippen molar-refractivity contribution in [2.45, 2.75) is 24.7 Å². The van der Waals surface area contributed by atoms with Gasteiger partial charge in [-0.2, -0.15) is 0 Å². The fourth-order valence-corrected chi connectivity index (χ4v) is 5.01. The smallest absolute Gasteiger partial charge is 0.407 e. The molecule has 4 N–H and O–H groups in total. The second-order valence-corrected chi connectivity index (χ2v) is 8.54. The Balaban J connectivity index is 2.19. The van der Waals surface area contributed by atoms with Gasteiger partial charge in [-0.25, -0.2) is 18.7 Å². The maximum absolute atomic E-state index is 12.9. The Hall–Kier alpha value is -2.77. The van der Waals surface area contributed by atoms with Gasteiger partial charge in [0, 0.05) is 18.8 Å². The van der Waals surface area contributed by atoms with Crippen molar-refractivity contribution in [3.8, 4) is 11.8 Å². The maximum Gasteiger partial charge on any atom is 0.407 e. The lowest BCUT2D eigenvalue weighted by Gasteiger charge is -2.38. The van der Waals surface area contributed by atoms with Crippen molar-refractivity contribution in [2.24, 2.45) is 5.41 Å². The highest BCUT2D eigenvalue weighted by Gasteiger charge is 2.45. The highest BCUT2D eigenvalue weighted by atomic mass is 32.2. The standard InChI is InChI=1S/C18H23N3O6S/c1-2-3-10-19-14-4-6-15(7-5-14)28(26,27)13-18(16(22)20-25)8-11-21(12-9-18)17(23)24/h4-7,19,25H,8-13H2,1H3,(H,20,22)(H,23,24). The van der Waals surface area contributed by atoms with Crippen LogP contribution in [0.25, 0.3) is 0 Å². The SMILES string of the molecule is CC#CCNc1ccc(S(=O)(=O)CC2(C(=O)NO)CCN(C(=O)O)CC2)cc1. The molecule has 1 heterocycles. The fourth-order valence-electron chi connectivity index (χ4n) is 3.14. The lowest BCUT2D eigenvalue weighted by Crippen LogP contribution is -2.52. The number of piperidine rings is 1. The van der Waals surface area contributed by atoms with Crippen molar-refractivity contribution < 1.29 is 28.3 Å². The van der Waals surface area contributed by atoms with Crippen LogP contribution in [0.4, 0.5) is 10.5 Å². The summed E-state index contributed by atoms with van der Waals surface area (Å²) in [5, 5.41) is 21.2. The molecule has 1 fully saturated rings. The van der Waals surface area contributed by atoms with E-state index >= 15 is 0 Å². The van der Waals surface area contributed by atoms with E-state index in [1.165, 1.54) is 17.6 Å². The Bertz CT molecular complexity index is 878. The highest BCUT2D eigenvalue weighted by molar-refractivity contribution is 7.91. The maximum atomic E-state index is 12.9. The van der Waals surface area contributed by atoms with Crippen LogP contribution in [0.1, 0.15) is 19.8 Å². The molecule has 152 valence electrons. The third kappa shape index (κ3) is 4.94. The number of amides is 2. The van der Waals surface area contributed by atoms with Crippen molar-refractivity contribution in [1.29, 1.82) is 0 Å². The molecule has 0 spiro atoms. The van der Waals surface area contributed by atoms with E-state index in [2.05, 4.69) is 17.2 Å². The van der Waals surface area contributed by atoms with E-state index in [1.807, 2.05) is 0 Å². The molecule has 1 saturated heterocycles. The van der Waals surface area contributed by atoms with Crippen LogP contribution in [0.3, 0.4) is 0 Å². The average molecular weight is 409 g/mol. The number of carbonyl (C=O) groups excluding carboxylic acids is 1. The second-order valence-electron chi connectivity index (χ2n) is 6.55. The molecule has 0 aromatic heterocycles. The lowest BCUT2D eigenvalue weighted by molar-refractivity contribution is -0.141. The number of carboxylic acid groups (broad SMARTS) is 1. The third-order valence-electron chi connectivity index (χ3n) is 4.81. The predicted octanol–water partition coefficient (Wildman–Crippen LogP) is 1.16. The number of rotatable bonds is 6. The minimum Gasteiger partial charge on any atom is -0.465 e. The Kier molecular flexibility index (Phi) is 6.88. The van der Waals surface area contributed by atoms with Gasteiger partial charge in [0.2, 0.25) is 0 Å². The van der Waals surface area contributed by atoms with Crippen LogP contribution in [0.15, 0.2) is 29.2 Å². The first-order valence-electron chi connectivity index (χ1n) is 8.63. The molecule has 2 amide bonds. The molecule has 10 heteroatoms. The van der Waals surface area contributed by atoms with Crippen LogP contribution in [-0.2, 0) is 14.6 Å². The normalized spacial score (nSPS) is 15.9. The van der Waals surface area contributed by atoms with Gasteiger partial charge in [-0.15, -0.1) is 5.92 Å². The van der Waals surface area contributed by atoms with Gasteiger partial charge in [-0.3, -0.25) is 10.0 Å². The zero-order chi connectivity index (χ0) is 20.8. The first-order chi connectivity index (χ1) is 13.2. The van der Waals surface area contributed by atoms with Crippen LogP contribution in [0, 0.1) is 17.3 Å². The molecule has 0 unspecified atom stereocenters. The average Bonchev–Trinajstić information content (AvgIpc) is 2.68. The number of nitrogens with one attached hydrogen (secondary N) is 2. The third-order valence-corrected chi connectivity index (χ3v) is 6.73. The Morgan fingerprint density at radius 2 is 1.82 bits per heavy atom. The van der Waals surface area contributed by atoms with E-state index in [1.54, 1.807) is 19.1 Å². The van der Waals surface area contributed by atoms with Crippen molar-refractivity contribution in [1.82, 2.24) is 10.4 Å². The van der Waals surface area contributed by atoms with Crippen molar-refractivity contribution in [2.75, 3.05) is 30.7 Å². The summed E-state index contributed by atoms with van der Waals surface area (Å²) in [6.45, 7) is 2.18. The topological polar surface area (TPSA) is 136 Å². The minimum absolute atomic E-state index is 0.000248. The van der Waals surface area contributed by atoms with Crippen LogP contribution in [0.2, 0.25) is 0 Å². The Morgan fingerprint density at radius 1 is 1.21 bits per heavy atom. The largest absolute Gasteiger partial charge is 0.465 e. The molecule has 9 nitrogen and oxygen atoms in total. The van der Waals surface area contributed by atoms with Gasteiger partial charge < -0.3 is 15.3 Å². The highest BCUT2D eigenvalue weighted by Crippen LogP contribution is 2.35. The number of carbonyl (C=O) groups is 2. The zero-order valence-electron chi connectivity index (χ0n) is 15.4. The van der Waals surface area contributed by atoms with Crippen molar-refractivity contribution in [3.63, 3.8) is 0 Å². The van der Waals surface area contributed by atoms with Crippen LogP contribution in [-0.4, -0.2) is 61.0 Å². The molecule has 2 rings (SSSR count). The molecule has 1 aliphatic rings. The summed E-state index contributed by atoms with van der Waals surface area (Å²) >= 11 is 0. The summed E-state index contributed by atoms with van der Waals surface area (Å²) in [6.07, 6.45) is -1.13.